The monoisotopic (exact) mass is 338 g/mol. The van der Waals surface area contributed by atoms with Crippen molar-refractivity contribution in [3.63, 3.8) is 0 Å². The Morgan fingerprint density at radius 2 is 1.54 bits per heavy atom. The molecule has 2 rings (SSSR count). The van der Waals surface area contributed by atoms with Crippen LogP contribution in [0, 0.1) is 11.8 Å². The molecule has 2 N–H and O–H groups in total. The number of carboxylic acids is 2. The molecule has 0 aromatic carbocycles. The fourth-order valence-electron chi connectivity index (χ4n) is 3.63. The number of allylic oxidation sites excluding steroid dienone is 1. The third kappa shape index (κ3) is 5.35. The predicted octanol–water partition coefficient (Wildman–Crippen LogP) is 3.15. The van der Waals surface area contributed by atoms with Gasteiger partial charge < -0.3 is 14.9 Å². The SMILES string of the molecule is O=C(CC(C(=O)O)C(=CC1CCCC1)C(=O)O)OC1CCCCC1. The highest BCUT2D eigenvalue weighted by Crippen LogP contribution is 2.30. The molecule has 6 nitrogen and oxygen atoms in total. The summed E-state index contributed by atoms with van der Waals surface area (Å²) in [6.45, 7) is 0. The summed E-state index contributed by atoms with van der Waals surface area (Å²) in [7, 11) is 0. The van der Waals surface area contributed by atoms with Crippen molar-refractivity contribution in [3.8, 4) is 0 Å². The van der Waals surface area contributed by atoms with Gasteiger partial charge in [-0.15, -0.1) is 0 Å². The Morgan fingerprint density at radius 3 is 2.08 bits per heavy atom. The Balaban J connectivity index is 2.03. The molecule has 1 unspecified atom stereocenters. The van der Waals surface area contributed by atoms with E-state index >= 15 is 0 Å². The molecule has 0 amide bonds. The van der Waals surface area contributed by atoms with E-state index in [0.717, 1.165) is 57.8 Å². The fraction of sp³-hybridized carbons (Fsp3) is 0.722. The lowest BCUT2D eigenvalue weighted by Crippen LogP contribution is -2.28. The molecule has 0 spiro atoms. The van der Waals surface area contributed by atoms with Crippen molar-refractivity contribution < 1.29 is 29.3 Å². The van der Waals surface area contributed by atoms with E-state index in [-0.39, 0.29) is 17.6 Å². The van der Waals surface area contributed by atoms with Crippen molar-refractivity contribution in [2.75, 3.05) is 0 Å². The molecule has 6 heteroatoms. The van der Waals surface area contributed by atoms with E-state index < -0.39 is 30.2 Å². The van der Waals surface area contributed by atoms with Gasteiger partial charge in [-0.05, 0) is 44.4 Å². The maximum Gasteiger partial charge on any atom is 0.332 e. The highest BCUT2D eigenvalue weighted by Gasteiger charge is 2.32. The summed E-state index contributed by atoms with van der Waals surface area (Å²) in [6.07, 6.45) is 9.48. The molecule has 0 saturated heterocycles. The van der Waals surface area contributed by atoms with Crippen molar-refractivity contribution in [3.05, 3.63) is 11.6 Å². The number of carbonyl (C=O) groups excluding carboxylic acids is 1. The van der Waals surface area contributed by atoms with Gasteiger partial charge in [-0.3, -0.25) is 9.59 Å². The van der Waals surface area contributed by atoms with Crippen LogP contribution in [0.15, 0.2) is 11.6 Å². The highest BCUT2D eigenvalue weighted by molar-refractivity contribution is 5.95. The molecule has 1 atom stereocenters. The largest absolute Gasteiger partial charge is 0.481 e. The molecule has 2 fully saturated rings. The fourth-order valence-corrected chi connectivity index (χ4v) is 3.63. The Bertz CT molecular complexity index is 498. The molecular weight excluding hydrogens is 312 g/mol. The molecular formula is C18H26O6. The maximum atomic E-state index is 12.1. The summed E-state index contributed by atoms with van der Waals surface area (Å²) in [5.41, 5.74) is -0.185. The predicted molar refractivity (Wildman–Crippen MR) is 86.4 cm³/mol. The molecule has 2 saturated carbocycles. The van der Waals surface area contributed by atoms with Crippen LogP contribution in [0.25, 0.3) is 0 Å². The van der Waals surface area contributed by atoms with Crippen LogP contribution >= 0.6 is 0 Å². The zero-order valence-corrected chi connectivity index (χ0v) is 13.9. The van der Waals surface area contributed by atoms with Crippen molar-refractivity contribution in [2.24, 2.45) is 11.8 Å². The Morgan fingerprint density at radius 1 is 0.958 bits per heavy atom. The minimum atomic E-state index is -1.35. The number of esters is 1. The molecule has 0 aliphatic heterocycles. The number of rotatable bonds is 7. The van der Waals surface area contributed by atoms with Crippen molar-refractivity contribution >= 4 is 17.9 Å². The molecule has 0 aromatic rings. The molecule has 134 valence electrons. The summed E-state index contributed by atoms with van der Waals surface area (Å²) in [4.78, 5) is 35.1. The van der Waals surface area contributed by atoms with E-state index in [1.807, 2.05) is 0 Å². The van der Waals surface area contributed by atoms with Crippen LogP contribution in [-0.2, 0) is 19.1 Å². The van der Waals surface area contributed by atoms with Crippen LogP contribution in [0.2, 0.25) is 0 Å². The lowest BCUT2D eigenvalue weighted by Gasteiger charge is -2.23. The van der Waals surface area contributed by atoms with E-state index in [4.69, 9.17) is 4.74 Å². The molecule has 0 aromatic heterocycles. The number of hydrogen-bond donors (Lipinski definition) is 2. The molecule has 0 radical (unpaired) electrons. The van der Waals surface area contributed by atoms with Gasteiger partial charge in [-0.2, -0.15) is 0 Å². The summed E-state index contributed by atoms with van der Waals surface area (Å²) in [5, 5.41) is 18.8. The quantitative estimate of drug-likeness (QED) is 0.546. The second-order valence-corrected chi connectivity index (χ2v) is 6.82. The van der Waals surface area contributed by atoms with Gasteiger partial charge >= 0.3 is 17.9 Å². The summed E-state index contributed by atoms with van der Waals surface area (Å²) >= 11 is 0. The maximum absolute atomic E-state index is 12.1. The summed E-state index contributed by atoms with van der Waals surface area (Å²) < 4.78 is 5.35. The van der Waals surface area contributed by atoms with Gasteiger partial charge in [0, 0.05) is 5.57 Å². The van der Waals surface area contributed by atoms with Gasteiger partial charge in [0.25, 0.3) is 0 Å². The average Bonchev–Trinajstić information content (AvgIpc) is 3.04. The lowest BCUT2D eigenvalue weighted by molar-refractivity contribution is -0.156. The first-order valence-corrected chi connectivity index (χ1v) is 8.84. The van der Waals surface area contributed by atoms with E-state index in [9.17, 15) is 24.6 Å². The minimum Gasteiger partial charge on any atom is -0.481 e. The third-order valence-corrected chi connectivity index (χ3v) is 4.96. The lowest BCUT2D eigenvalue weighted by atomic mass is 9.91. The minimum absolute atomic E-state index is 0.0901. The second kappa shape index (κ2) is 8.85. The van der Waals surface area contributed by atoms with E-state index in [1.165, 1.54) is 0 Å². The van der Waals surface area contributed by atoms with Gasteiger partial charge in [0.2, 0.25) is 0 Å². The van der Waals surface area contributed by atoms with Crippen LogP contribution < -0.4 is 0 Å². The average molecular weight is 338 g/mol. The van der Waals surface area contributed by atoms with E-state index in [2.05, 4.69) is 0 Å². The normalized spacial score (nSPS) is 21.4. The Labute approximate surface area is 141 Å². The second-order valence-electron chi connectivity index (χ2n) is 6.82. The zero-order chi connectivity index (χ0) is 17.5. The molecule has 2 aliphatic carbocycles. The topological polar surface area (TPSA) is 101 Å². The third-order valence-electron chi connectivity index (χ3n) is 4.96. The molecule has 0 heterocycles. The van der Waals surface area contributed by atoms with Crippen molar-refractivity contribution in [2.45, 2.75) is 70.3 Å². The van der Waals surface area contributed by atoms with E-state index in [1.54, 1.807) is 6.08 Å². The smallest absolute Gasteiger partial charge is 0.332 e. The first kappa shape index (κ1) is 18.5. The van der Waals surface area contributed by atoms with Crippen molar-refractivity contribution in [1.29, 1.82) is 0 Å². The van der Waals surface area contributed by atoms with Crippen LogP contribution in [-0.4, -0.2) is 34.2 Å². The molecule has 24 heavy (non-hydrogen) atoms. The Kier molecular flexibility index (Phi) is 6.82. The highest BCUT2D eigenvalue weighted by atomic mass is 16.5. The van der Waals surface area contributed by atoms with Crippen LogP contribution in [0.1, 0.15) is 64.2 Å². The number of aliphatic carboxylic acids is 2. The van der Waals surface area contributed by atoms with Crippen LogP contribution in [0.4, 0.5) is 0 Å². The van der Waals surface area contributed by atoms with E-state index in [0.29, 0.717) is 0 Å². The Hall–Kier alpha value is -1.85. The summed E-state index contributed by atoms with van der Waals surface area (Å²) in [6, 6.07) is 0. The molecule has 2 aliphatic rings. The van der Waals surface area contributed by atoms with Crippen molar-refractivity contribution in [1.82, 2.24) is 0 Å². The molecule has 0 bridgehead atoms. The van der Waals surface area contributed by atoms with Crippen LogP contribution in [0.5, 0.6) is 0 Å². The number of carbonyl (C=O) groups is 3. The van der Waals surface area contributed by atoms with Gasteiger partial charge in [-0.25, -0.2) is 4.79 Å². The van der Waals surface area contributed by atoms with Crippen LogP contribution in [0.3, 0.4) is 0 Å². The standard InChI is InChI=1S/C18H26O6/c19-16(24-13-8-2-1-3-9-13)11-15(18(22)23)14(17(20)21)10-12-6-4-5-7-12/h10,12-13,15H,1-9,11H2,(H,20,21)(H,22,23). The number of ether oxygens (including phenoxy) is 1. The number of carboxylic acid groups (broad SMARTS) is 2. The van der Waals surface area contributed by atoms with Gasteiger partial charge in [0.15, 0.2) is 0 Å². The first-order chi connectivity index (χ1) is 11.5. The van der Waals surface area contributed by atoms with Gasteiger partial charge in [0.05, 0.1) is 12.3 Å². The zero-order valence-electron chi connectivity index (χ0n) is 13.9. The number of hydrogen-bond acceptors (Lipinski definition) is 4. The van der Waals surface area contributed by atoms with Gasteiger partial charge in [-0.1, -0.05) is 25.3 Å². The summed E-state index contributed by atoms with van der Waals surface area (Å²) in [5.74, 6) is -4.43. The first-order valence-electron chi connectivity index (χ1n) is 8.84. The van der Waals surface area contributed by atoms with Gasteiger partial charge in [0.1, 0.15) is 6.10 Å².